The van der Waals surface area contributed by atoms with Gasteiger partial charge < -0.3 is 15.0 Å². The number of piperidine rings is 1. The third kappa shape index (κ3) is 5.41. The predicted octanol–water partition coefficient (Wildman–Crippen LogP) is 2.76. The van der Waals surface area contributed by atoms with Gasteiger partial charge in [-0.3, -0.25) is 0 Å². The van der Waals surface area contributed by atoms with E-state index in [4.69, 9.17) is 4.74 Å². The van der Waals surface area contributed by atoms with Crippen LogP contribution in [0.5, 0.6) is 0 Å². The Bertz CT molecular complexity index is 227. The van der Waals surface area contributed by atoms with Crippen LogP contribution in [-0.2, 0) is 4.74 Å². The SMILES string of the molecule is CCNCC(CC)(CC)CN1CCCC(COC)C1. The molecule has 1 fully saturated rings. The van der Waals surface area contributed by atoms with Gasteiger partial charge in [-0.05, 0) is 50.1 Å². The third-order valence-electron chi connectivity index (χ3n) is 4.81. The molecule has 0 aromatic carbocycles. The maximum atomic E-state index is 5.34. The fourth-order valence-corrected chi connectivity index (χ4v) is 3.31. The lowest BCUT2D eigenvalue weighted by Gasteiger charge is -2.41. The zero-order valence-corrected chi connectivity index (χ0v) is 13.5. The number of rotatable bonds is 9. The Balaban J connectivity index is 2.52. The summed E-state index contributed by atoms with van der Waals surface area (Å²) in [6, 6.07) is 0. The van der Waals surface area contributed by atoms with Crippen molar-refractivity contribution in [3.8, 4) is 0 Å². The molecule has 1 rings (SSSR count). The number of ether oxygens (including phenoxy) is 1. The molecule has 3 heteroatoms. The molecule has 0 radical (unpaired) electrons. The van der Waals surface area contributed by atoms with Crippen LogP contribution >= 0.6 is 0 Å². The summed E-state index contributed by atoms with van der Waals surface area (Å²) in [6.45, 7) is 13.8. The molecule has 3 nitrogen and oxygen atoms in total. The van der Waals surface area contributed by atoms with Crippen LogP contribution in [-0.4, -0.2) is 51.3 Å². The zero-order chi connectivity index (χ0) is 14.1. The van der Waals surface area contributed by atoms with Crippen molar-refractivity contribution >= 4 is 0 Å². The van der Waals surface area contributed by atoms with Crippen LogP contribution in [0, 0.1) is 11.3 Å². The van der Waals surface area contributed by atoms with E-state index in [1.165, 1.54) is 45.3 Å². The lowest BCUT2D eigenvalue weighted by molar-refractivity contribution is 0.0589. The molecule has 0 bridgehead atoms. The Hall–Kier alpha value is -0.120. The number of likely N-dealkylation sites (tertiary alicyclic amines) is 1. The summed E-state index contributed by atoms with van der Waals surface area (Å²) in [5.41, 5.74) is 0.449. The van der Waals surface area contributed by atoms with Crippen LogP contribution in [0.25, 0.3) is 0 Å². The minimum Gasteiger partial charge on any atom is -0.384 e. The lowest BCUT2D eigenvalue weighted by atomic mass is 9.80. The minimum atomic E-state index is 0.449. The van der Waals surface area contributed by atoms with E-state index in [1.54, 1.807) is 0 Å². The summed E-state index contributed by atoms with van der Waals surface area (Å²) in [5.74, 6) is 0.740. The highest BCUT2D eigenvalue weighted by Crippen LogP contribution is 2.29. The van der Waals surface area contributed by atoms with Crippen molar-refractivity contribution < 1.29 is 4.74 Å². The molecule has 0 aromatic heterocycles. The molecule has 1 unspecified atom stereocenters. The van der Waals surface area contributed by atoms with Gasteiger partial charge in [-0.25, -0.2) is 0 Å². The number of nitrogens with one attached hydrogen (secondary N) is 1. The normalized spacial score (nSPS) is 21.8. The molecule has 0 saturated carbocycles. The molecule has 1 atom stereocenters. The van der Waals surface area contributed by atoms with E-state index in [-0.39, 0.29) is 0 Å². The summed E-state index contributed by atoms with van der Waals surface area (Å²) in [6.07, 6.45) is 5.20. The Morgan fingerprint density at radius 2 is 2.00 bits per heavy atom. The maximum Gasteiger partial charge on any atom is 0.0502 e. The average Bonchev–Trinajstić information content (AvgIpc) is 2.44. The van der Waals surface area contributed by atoms with E-state index < -0.39 is 0 Å². The first kappa shape index (κ1) is 16.9. The summed E-state index contributed by atoms with van der Waals surface area (Å²) in [5, 5.41) is 3.57. The minimum absolute atomic E-state index is 0.449. The first-order valence-electron chi connectivity index (χ1n) is 8.11. The second kappa shape index (κ2) is 8.93. The van der Waals surface area contributed by atoms with Gasteiger partial charge in [0.15, 0.2) is 0 Å². The van der Waals surface area contributed by atoms with Crippen LogP contribution in [0.1, 0.15) is 46.5 Å². The van der Waals surface area contributed by atoms with Gasteiger partial charge in [-0.15, -0.1) is 0 Å². The molecule has 19 heavy (non-hydrogen) atoms. The molecular formula is C16H34N2O. The molecule has 1 saturated heterocycles. The molecule has 0 aromatic rings. The van der Waals surface area contributed by atoms with Gasteiger partial charge in [0, 0.05) is 26.7 Å². The van der Waals surface area contributed by atoms with Gasteiger partial charge in [0.2, 0.25) is 0 Å². The number of hydrogen-bond donors (Lipinski definition) is 1. The smallest absolute Gasteiger partial charge is 0.0502 e. The Labute approximate surface area is 120 Å². The fourth-order valence-electron chi connectivity index (χ4n) is 3.31. The number of nitrogens with zero attached hydrogens (tertiary/aromatic N) is 1. The molecular weight excluding hydrogens is 236 g/mol. The molecule has 1 N–H and O–H groups in total. The second-order valence-corrected chi connectivity index (χ2v) is 6.19. The van der Waals surface area contributed by atoms with Crippen molar-refractivity contribution in [2.75, 3.05) is 46.4 Å². The van der Waals surface area contributed by atoms with Crippen LogP contribution in [0.15, 0.2) is 0 Å². The zero-order valence-electron chi connectivity index (χ0n) is 13.5. The van der Waals surface area contributed by atoms with E-state index in [0.717, 1.165) is 25.6 Å². The molecule has 0 aliphatic carbocycles. The second-order valence-electron chi connectivity index (χ2n) is 6.19. The van der Waals surface area contributed by atoms with Crippen molar-refractivity contribution in [2.24, 2.45) is 11.3 Å². The molecule has 0 spiro atoms. The molecule has 1 aliphatic rings. The lowest BCUT2D eigenvalue weighted by Crippen LogP contribution is -2.47. The van der Waals surface area contributed by atoms with Crippen molar-refractivity contribution in [2.45, 2.75) is 46.5 Å². The molecule has 1 aliphatic heterocycles. The maximum absolute atomic E-state index is 5.34. The Kier molecular flexibility index (Phi) is 7.96. The fraction of sp³-hybridized carbons (Fsp3) is 1.00. The Morgan fingerprint density at radius 3 is 2.58 bits per heavy atom. The van der Waals surface area contributed by atoms with E-state index in [9.17, 15) is 0 Å². The van der Waals surface area contributed by atoms with Gasteiger partial charge in [-0.2, -0.15) is 0 Å². The molecule has 0 amide bonds. The van der Waals surface area contributed by atoms with E-state index in [1.807, 2.05) is 7.11 Å². The monoisotopic (exact) mass is 270 g/mol. The van der Waals surface area contributed by atoms with Gasteiger partial charge in [0.05, 0.1) is 6.61 Å². The van der Waals surface area contributed by atoms with Crippen molar-refractivity contribution in [3.05, 3.63) is 0 Å². The highest BCUT2D eigenvalue weighted by Gasteiger charge is 2.30. The van der Waals surface area contributed by atoms with Crippen LogP contribution in [0.3, 0.4) is 0 Å². The van der Waals surface area contributed by atoms with Crippen LogP contribution in [0.4, 0.5) is 0 Å². The number of hydrogen-bond acceptors (Lipinski definition) is 3. The van der Waals surface area contributed by atoms with Gasteiger partial charge in [0.25, 0.3) is 0 Å². The molecule has 114 valence electrons. The first-order valence-corrected chi connectivity index (χ1v) is 8.11. The van der Waals surface area contributed by atoms with Crippen molar-refractivity contribution in [3.63, 3.8) is 0 Å². The van der Waals surface area contributed by atoms with Crippen LogP contribution in [0.2, 0.25) is 0 Å². The van der Waals surface area contributed by atoms with E-state index in [2.05, 4.69) is 31.0 Å². The topological polar surface area (TPSA) is 24.5 Å². The standard InChI is InChI=1S/C16H34N2O/c1-5-16(6-2,13-17-7-3)14-18-10-8-9-15(11-18)12-19-4/h15,17H,5-14H2,1-4H3. The largest absolute Gasteiger partial charge is 0.384 e. The average molecular weight is 270 g/mol. The Morgan fingerprint density at radius 1 is 1.26 bits per heavy atom. The van der Waals surface area contributed by atoms with Crippen LogP contribution < -0.4 is 5.32 Å². The van der Waals surface area contributed by atoms with Crippen molar-refractivity contribution in [1.29, 1.82) is 0 Å². The number of methoxy groups -OCH3 is 1. The van der Waals surface area contributed by atoms with Gasteiger partial charge in [0.1, 0.15) is 0 Å². The third-order valence-corrected chi connectivity index (χ3v) is 4.81. The summed E-state index contributed by atoms with van der Waals surface area (Å²) < 4.78 is 5.34. The summed E-state index contributed by atoms with van der Waals surface area (Å²) in [7, 11) is 1.83. The van der Waals surface area contributed by atoms with Gasteiger partial charge >= 0.3 is 0 Å². The first-order chi connectivity index (χ1) is 9.19. The summed E-state index contributed by atoms with van der Waals surface area (Å²) in [4.78, 5) is 2.68. The van der Waals surface area contributed by atoms with Gasteiger partial charge in [-0.1, -0.05) is 20.8 Å². The highest BCUT2D eigenvalue weighted by molar-refractivity contribution is 4.85. The van der Waals surface area contributed by atoms with Crippen molar-refractivity contribution in [1.82, 2.24) is 10.2 Å². The highest BCUT2D eigenvalue weighted by atomic mass is 16.5. The quantitative estimate of drug-likeness (QED) is 0.697. The van der Waals surface area contributed by atoms with E-state index in [0.29, 0.717) is 5.41 Å². The predicted molar refractivity (Wildman–Crippen MR) is 82.6 cm³/mol. The van der Waals surface area contributed by atoms with E-state index >= 15 is 0 Å². The molecule has 1 heterocycles. The summed E-state index contributed by atoms with van der Waals surface area (Å²) >= 11 is 0.